The maximum absolute atomic E-state index is 2.64. The topological polar surface area (TPSA) is 19.7 Å². The van der Waals surface area contributed by atoms with Gasteiger partial charge in [-0.05, 0) is 143 Å². The highest BCUT2D eigenvalue weighted by Gasteiger charge is 2.21. The Balaban J connectivity index is 0.000000174. The molecule has 4 aromatic heterocycles. The highest BCUT2D eigenvalue weighted by molar-refractivity contribution is 6.20. The Morgan fingerprint density at radius 2 is 0.354 bits per heavy atom. The van der Waals surface area contributed by atoms with Crippen LogP contribution in [-0.2, 0) is 26.2 Å². The Labute approximate surface area is 573 Å². The van der Waals surface area contributed by atoms with Crippen molar-refractivity contribution >= 4 is 87.2 Å². The van der Waals surface area contributed by atoms with Gasteiger partial charge in [0.2, 0.25) is 0 Å². The number of benzene rings is 10. The summed E-state index contributed by atoms with van der Waals surface area (Å²) in [5.74, 6) is 0. The predicted octanol–water partition coefficient (Wildman–Crippen LogP) is 27.9. The van der Waals surface area contributed by atoms with E-state index in [1.807, 2.05) is 0 Å². The molecule has 14 rings (SSSR count). The van der Waals surface area contributed by atoms with E-state index >= 15 is 0 Å². The van der Waals surface area contributed by atoms with Crippen LogP contribution >= 0.6 is 0 Å². The molecule has 0 unspecified atom stereocenters. The van der Waals surface area contributed by atoms with Crippen LogP contribution in [0.25, 0.3) is 132 Å². The van der Waals surface area contributed by atoms with Crippen LogP contribution in [0.1, 0.15) is 182 Å². The number of rotatable bonds is 32. The summed E-state index contributed by atoms with van der Waals surface area (Å²) in [6.07, 6.45) is 31.4. The molecule has 96 heavy (non-hydrogen) atoms. The molecule has 0 aliphatic heterocycles. The molecule has 492 valence electrons. The number of hydrogen-bond donors (Lipinski definition) is 0. The van der Waals surface area contributed by atoms with Gasteiger partial charge < -0.3 is 18.3 Å². The Kier molecular flexibility index (Phi) is 22.3. The first-order valence-electron chi connectivity index (χ1n) is 37.8. The van der Waals surface area contributed by atoms with Gasteiger partial charge in [0.15, 0.2) is 0 Å². The first-order chi connectivity index (χ1) is 47.5. The number of nitrogens with zero attached hydrogens (tertiary/aromatic N) is 4. The van der Waals surface area contributed by atoms with Gasteiger partial charge in [0, 0.05) is 113 Å². The molecule has 0 saturated carbocycles. The minimum atomic E-state index is 1.06. The first-order valence-corrected chi connectivity index (χ1v) is 37.8. The maximum Gasteiger partial charge on any atom is 0.0499 e. The van der Waals surface area contributed by atoms with E-state index in [-0.39, 0.29) is 0 Å². The van der Waals surface area contributed by atoms with Crippen LogP contribution in [0, 0.1) is 0 Å². The zero-order chi connectivity index (χ0) is 65.4. The van der Waals surface area contributed by atoms with Crippen molar-refractivity contribution in [2.45, 2.75) is 208 Å². The zero-order valence-corrected chi connectivity index (χ0v) is 58.4. The van der Waals surface area contributed by atoms with Crippen molar-refractivity contribution in [1.29, 1.82) is 0 Å². The van der Waals surface area contributed by atoms with E-state index in [0.717, 1.165) is 26.2 Å². The summed E-state index contributed by atoms with van der Waals surface area (Å²) in [7, 11) is 0. The van der Waals surface area contributed by atoms with E-state index in [2.05, 4.69) is 264 Å². The minimum Gasteiger partial charge on any atom is -0.340 e. The lowest BCUT2D eigenvalue weighted by Crippen LogP contribution is -1.99. The van der Waals surface area contributed by atoms with Crippen molar-refractivity contribution in [2.24, 2.45) is 0 Å². The molecule has 4 heteroatoms. The first kappa shape index (κ1) is 66.0. The van der Waals surface area contributed by atoms with E-state index in [4.69, 9.17) is 0 Å². The molecular weight excluding hydrogens is 1160 g/mol. The number of unbranched alkanes of at least 4 members (excludes halogenated alkanes) is 20. The fraction of sp³-hybridized carbons (Fsp3) is 0.348. The number of fused-ring (bicyclic) bond motifs is 12. The van der Waals surface area contributed by atoms with Crippen molar-refractivity contribution in [2.75, 3.05) is 0 Å². The summed E-state index contributed by atoms with van der Waals surface area (Å²) >= 11 is 0. The maximum atomic E-state index is 2.64. The molecule has 0 fully saturated rings. The van der Waals surface area contributed by atoms with Gasteiger partial charge in [0.25, 0.3) is 0 Å². The molecule has 0 aliphatic carbocycles. The average molecular weight is 1270 g/mol. The Bertz CT molecular complexity index is 4190. The van der Waals surface area contributed by atoms with E-state index in [0.29, 0.717) is 0 Å². The second-order valence-corrected chi connectivity index (χ2v) is 27.8. The van der Waals surface area contributed by atoms with Crippen molar-refractivity contribution in [1.82, 2.24) is 18.3 Å². The van der Waals surface area contributed by atoms with Gasteiger partial charge in [-0.25, -0.2) is 0 Å². The third kappa shape index (κ3) is 14.7. The molecule has 0 saturated heterocycles. The SMILES string of the molecule is CCCCCCCCn1c2ccc(-c3ccccc3)cc2c2cc3c(cc21)c1cc(-c2ccccc2)ccc1n3CCCCCCCC.CCCCCCCCn1c2ccc(-c3ccccc3)cc2c2cc3c(cc21)c1cc(-c2ccccc2)ccc1n3CCCCCCCC. The number of aromatic nitrogens is 4. The van der Waals surface area contributed by atoms with Crippen LogP contribution in [0.3, 0.4) is 0 Å². The van der Waals surface area contributed by atoms with E-state index in [1.54, 1.807) is 0 Å². The highest BCUT2D eigenvalue weighted by Crippen LogP contribution is 2.43. The van der Waals surface area contributed by atoms with Crippen LogP contribution in [0.5, 0.6) is 0 Å². The second-order valence-electron chi connectivity index (χ2n) is 27.8. The Hall–Kier alpha value is -8.60. The molecule has 14 aromatic rings. The fourth-order valence-corrected chi connectivity index (χ4v) is 15.8. The number of aryl methyl sites for hydroxylation is 4. The minimum absolute atomic E-state index is 1.06. The van der Waals surface area contributed by atoms with Gasteiger partial charge in [-0.1, -0.05) is 302 Å². The second kappa shape index (κ2) is 32.4. The van der Waals surface area contributed by atoms with Gasteiger partial charge in [-0.3, -0.25) is 0 Å². The summed E-state index contributed by atoms with van der Waals surface area (Å²) < 4.78 is 10.5. The standard InChI is InChI=1S/2C46H52N2/c2*1-3-5-7-9-11-19-29-47-43-27-25-37(35-21-15-13-16-22-35)31-39(43)41-34-46-42(33-45(41)47)40-32-38(36-23-17-14-18-24-36)26-28-44(40)48(46)30-20-12-10-8-6-4-2/h2*13-18,21-28,31-34H,3-12,19-20,29-30H2,1-2H3. The van der Waals surface area contributed by atoms with Crippen LogP contribution in [-0.4, -0.2) is 18.3 Å². The lowest BCUT2D eigenvalue weighted by Gasteiger charge is -2.09. The van der Waals surface area contributed by atoms with Gasteiger partial charge in [-0.15, -0.1) is 0 Å². The molecule has 0 atom stereocenters. The highest BCUT2D eigenvalue weighted by atomic mass is 15.0. The van der Waals surface area contributed by atoms with Crippen molar-refractivity contribution in [3.8, 4) is 44.5 Å². The van der Waals surface area contributed by atoms with Gasteiger partial charge in [0.1, 0.15) is 0 Å². The lowest BCUT2D eigenvalue weighted by molar-refractivity contribution is 0.570. The molecule has 10 aromatic carbocycles. The van der Waals surface area contributed by atoms with Crippen LogP contribution in [0.2, 0.25) is 0 Å². The van der Waals surface area contributed by atoms with Crippen molar-refractivity contribution in [3.63, 3.8) is 0 Å². The summed E-state index contributed by atoms with van der Waals surface area (Å²) in [5.41, 5.74) is 21.3. The van der Waals surface area contributed by atoms with Gasteiger partial charge in [-0.2, -0.15) is 0 Å². The fourth-order valence-electron chi connectivity index (χ4n) is 15.8. The summed E-state index contributed by atoms with van der Waals surface area (Å²) in [5, 5.41) is 11.0. The molecule has 0 bridgehead atoms. The summed E-state index contributed by atoms with van der Waals surface area (Å²) in [4.78, 5) is 0. The van der Waals surface area contributed by atoms with Crippen LogP contribution in [0.4, 0.5) is 0 Å². The molecule has 4 nitrogen and oxygen atoms in total. The van der Waals surface area contributed by atoms with Crippen molar-refractivity contribution < 1.29 is 0 Å². The Morgan fingerprint density at radius 1 is 0.167 bits per heavy atom. The third-order valence-corrected chi connectivity index (χ3v) is 21.1. The van der Waals surface area contributed by atoms with E-state index in [1.165, 1.54) is 286 Å². The predicted molar refractivity (Wildman–Crippen MR) is 420 cm³/mol. The number of hydrogen-bond acceptors (Lipinski definition) is 0. The van der Waals surface area contributed by atoms with E-state index < -0.39 is 0 Å². The van der Waals surface area contributed by atoms with Gasteiger partial charge in [0.05, 0.1) is 0 Å². The van der Waals surface area contributed by atoms with Crippen molar-refractivity contribution in [3.05, 3.63) is 218 Å². The molecule has 0 aliphatic rings. The van der Waals surface area contributed by atoms with E-state index in [9.17, 15) is 0 Å². The smallest absolute Gasteiger partial charge is 0.0499 e. The van der Waals surface area contributed by atoms with Crippen LogP contribution in [0.15, 0.2) is 218 Å². The quantitative estimate of drug-likeness (QED) is 0.0375. The lowest BCUT2D eigenvalue weighted by atomic mass is 10.0. The molecule has 0 N–H and O–H groups in total. The third-order valence-electron chi connectivity index (χ3n) is 21.1. The van der Waals surface area contributed by atoms with Gasteiger partial charge >= 0.3 is 0 Å². The molecular formula is C92H104N4. The molecule has 0 radical (unpaired) electrons. The van der Waals surface area contributed by atoms with Crippen LogP contribution < -0.4 is 0 Å². The molecule has 0 spiro atoms. The zero-order valence-electron chi connectivity index (χ0n) is 58.4. The average Bonchev–Trinajstić information content (AvgIpc) is 1.57. The summed E-state index contributed by atoms with van der Waals surface area (Å²) in [6.45, 7) is 13.5. The molecule has 0 amide bonds. The summed E-state index contributed by atoms with van der Waals surface area (Å²) in [6, 6.07) is 82.3. The molecule has 4 heterocycles. The normalized spacial score (nSPS) is 11.9. The monoisotopic (exact) mass is 1260 g/mol. The Morgan fingerprint density at radius 3 is 0.562 bits per heavy atom. The largest absolute Gasteiger partial charge is 0.340 e.